The summed E-state index contributed by atoms with van der Waals surface area (Å²) < 4.78 is 14.3. The zero-order valence-corrected chi connectivity index (χ0v) is 22.8. The zero-order valence-electron chi connectivity index (χ0n) is 22.8. The number of hydrogen-bond acceptors (Lipinski definition) is 6. The van der Waals surface area contributed by atoms with Crippen LogP contribution >= 0.6 is 0 Å². The van der Waals surface area contributed by atoms with E-state index in [9.17, 15) is 9.50 Å². The van der Waals surface area contributed by atoms with Crippen LogP contribution < -0.4 is 10.6 Å². The SMILES string of the molecule is C=C(NCC)c1cc(NC2CCC(CC3=CC(N(CC)CCO)=CC4C3=NCCN4C)CC2)ccc1F. The molecule has 1 heterocycles. The molecule has 7 heteroatoms. The van der Waals surface area contributed by atoms with Gasteiger partial charge < -0.3 is 20.6 Å². The fourth-order valence-corrected chi connectivity index (χ4v) is 5.89. The average Bonchev–Trinajstić information content (AvgIpc) is 2.90. The monoisotopic (exact) mass is 509 g/mol. The number of rotatable bonds is 11. The van der Waals surface area contributed by atoms with Crippen molar-refractivity contribution >= 4 is 17.1 Å². The first kappa shape index (κ1) is 27.4. The molecule has 1 aliphatic heterocycles. The van der Waals surface area contributed by atoms with E-state index in [4.69, 9.17) is 4.99 Å². The molecule has 6 nitrogen and oxygen atoms in total. The van der Waals surface area contributed by atoms with Gasteiger partial charge in [0.1, 0.15) is 5.82 Å². The van der Waals surface area contributed by atoms with Crippen molar-refractivity contribution in [2.24, 2.45) is 10.9 Å². The van der Waals surface area contributed by atoms with E-state index < -0.39 is 0 Å². The number of aliphatic imine (C=N–C) groups is 1. The van der Waals surface area contributed by atoms with Gasteiger partial charge in [0.2, 0.25) is 0 Å². The normalized spacial score (nSPS) is 23.9. The molecule has 37 heavy (non-hydrogen) atoms. The lowest BCUT2D eigenvalue weighted by molar-refractivity contribution is 0.232. The molecule has 1 unspecified atom stereocenters. The summed E-state index contributed by atoms with van der Waals surface area (Å²) in [7, 11) is 2.18. The molecule has 1 fully saturated rings. The van der Waals surface area contributed by atoms with Gasteiger partial charge in [0.05, 0.1) is 24.9 Å². The molecule has 0 saturated heterocycles. The largest absolute Gasteiger partial charge is 0.395 e. The predicted molar refractivity (Wildman–Crippen MR) is 152 cm³/mol. The van der Waals surface area contributed by atoms with E-state index in [1.807, 2.05) is 19.1 Å². The van der Waals surface area contributed by atoms with E-state index in [0.717, 1.165) is 64.0 Å². The number of fused-ring (bicyclic) bond motifs is 1. The lowest BCUT2D eigenvalue weighted by Crippen LogP contribution is -2.46. The second-order valence-corrected chi connectivity index (χ2v) is 10.5. The van der Waals surface area contributed by atoms with Crippen LogP contribution in [0.25, 0.3) is 5.70 Å². The van der Waals surface area contributed by atoms with Crippen molar-refractivity contribution in [3.8, 4) is 0 Å². The number of benzene rings is 1. The van der Waals surface area contributed by atoms with E-state index in [1.54, 1.807) is 0 Å². The Morgan fingerprint density at radius 1 is 1.24 bits per heavy atom. The molecule has 1 aromatic carbocycles. The molecule has 0 spiro atoms. The van der Waals surface area contributed by atoms with Crippen molar-refractivity contribution in [2.45, 2.75) is 58.0 Å². The van der Waals surface area contributed by atoms with E-state index in [0.29, 0.717) is 29.8 Å². The van der Waals surface area contributed by atoms with Crippen LogP contribution in [-0.2, 0) is 0 Å². The molecule has 0 bridgehead atoms. The molecule has 202 valence electrons. The Kier molecular flexibility index (Phi) is 9.43. The number of hydrogen-bond donors (Lipinski definition) is 3. The maximum Gasteiger partial charge on any atom is 0.132 e. The smallest absolute Gasteiger partial charge is 0.132 e. The third-order valence-electron chi connectivity index (χ3n) is 7.99. The summed E-state index contributed by atoms with van der Waals surface area (Å²) >= 11 is 0. The summed E-state index contributed by atoms with van der Waals surface area (Å²) in [6, 6.07) is 5.84. The Bertz CT molecular complexity index is 1040. The van der Waals surface area contributed by atoms with Gasteiger partial charge in [-0.15, -0.1) is 0 Å². The molecule has 3 N–H and O–H groups in total. The third kappa shape index (κ3) is 6.63. The van der Waals surface area contributed by atoms with Gasteiger partial charge in [-0.2, -0.15) is 0 Å². The minimum absolute atomic E-state index is 0.158. The molecule has 1 atom stereocenters. The van der Waals surface area contributed by atoms with Crippen LogP contribution in [0.4, 0.5) is 10.1 Å². The first-order chi connectivity index (χ1) is 17.9. The van der Waals surface area contributed by atoms with Gasteiger partial charge in [0.25, 0.3) is 0 Å². The van der Waals surface area contributed by atoms with Crippen molar-refractivity contribution in [1.82, 2.24) is 15.1 Å². The van der Waals surface area contributed by atoms with E-state index >= 15 is 0 Å². The van der Waals surface area contributed by atoms with Crippen LogP contribution in [0.2, 0.25) is 0 Å². The maximum atomic E-state index is 14.3. The molecule has 0 aromatic heterocycles. The number of nitrogens with one attached hydrogen (secondary N) is 2. The van der Waals surface area contributed by atoms with E-state index in [1.165, 1.54) is 23.0 Å². The quantitative estimate of drug-likeness (QED) is 0.405. The number of anilines is 1. The minimum atomic E-state index is -0.246. The molecule has 0 radical (unpaired) electrons. The van der Waals surface area contributed by atoms with Crippen LogP contribution in [0.5, 0.6) is 0 Å². The molecular weight excluding hydrogens is 465 g/mol. The number of aliphatic hydroxyl groups excluding tert-OH is 1. The number of nitrogens with zero attached hydrogens (tertiary/aromatic N) is 3. The molecule has 4 rings (SSSR count). The van der Waals surface area contributed by atoms with Crippen molar-refractivity contribution in [1.29, 1.82) is 0 Å². The van der Waals surface area contributed by atoms with Gasteiger partial charge in [0.15, 0.2) is 0 Å². The lowest BCUT2D eigenvalue weighted by atomic mass is 9.79. The van der Waals surface area contributed by atoms with Crippen molar-refractivity contribution in [2.75, 3.05) is 51.7 Å². The third-order valence-corrected chi connectivity index (χ3v) is 7.99. The summed E-state index contributed by atoms with van der Waals surface area (Å²) in [5.41, 5.74) is 5.92. The highest BCUT2D eigenvalue weighted by Gasteiger charge is 2.32. The standard InChI is InChI=1S/C30H44FN5O/c1-5-32-21(3)27-19-25(11-12-28(27)31)34-24-9-7-22(8-10-24)17-23-18-26(36(6-2)15-16-37)20-29-30(23)33-13-14-35(29)4/h11-12,18-20,22,24,29,32,34,37H,3,5-10,13-17H2,1-2,4H3. The summed E-state index contributed by atoms with van der Waals surface area (Å²) in [5, 5.41) is 16.3. The Morgan fingerprint density at radius 3 is 2.73 bits per heavy atom. The lowest BCUT2D eigenvalue weighted by Gasteiger charge is -2.38. The molecule has 0 amide bonds. The topological polar surface area (TPSA) is 63.1 Å². The fraction of sp³-hybridized carbons (Fsp3) is 0.567. The van der Waals surface area contributed by atoms with Crippen LogP contribution in [0.3, 0.4) is 0 Å². The molecule has 1 saturated carbocycles. The van der Waals surface area contributed by atoms with Crippen molar-refractivity contribution in [3.05, 3.63) is 59.6 Å². The van der Waals surface area contributed by atoms with Crippen LogP contribution in [0.1, 0.15) is 51.5 Å². The fourth-order valence-electron chi connectivity index (χ4n) is 5.89. The van der Waals surface area contributed by atoms with Crippen molar-refractivity contribution in [3.63, 3.8) is 0 Å². The first-order valence-corrected chi connectivity index (χ1v) is 14.0. The maximum absolute atomic E-state index is 14.3. The van der Waals surface area contributed by atoms with Crippen LogP contribution in [0, 0.1) is 11.7 Å². The number of allylic oxidation sites excluding steroid dienone is 1. The number of aliphatic hydroxyl groups is 1. The van der Waals surface area contributed by atoms with E-state index in [2.05, 4.69) is 53.1 Å². The predicted octanol–water partition coefficient (Wildman–Crippen LogP) is 4.66. The molecule has 3 aliphatic rings. The number of halogens is 1. The summed E-state index contributed by atoms with van der Waals surface area (Å²) in [4.78, 5) is 9.63. The second kappa shape index (κ2) is 12.7. The Balaban J connectivity index is 1.40. The van der Waals surface area contributed by atoms with Gasteiger partial charge in [-0.25, -0.2) is 4.39 Å². The molecular formula is C30H44FN5O. The van der Waals surface area contributed by atoms with Gasteiger partial charge in [0, 0.05) is 54.9 Å². The van der Waals surface area contributed by atoms with Gasteiger partial charge >= 0.3 is 0 Å². The van der Waals surface area contributed by atoms with Crippen molar-refractivity contribution < 1.29 is 9.50 Å². The highest BCUT2D eigenvalue weighted by atomic mass is 19.1. The zero-order chi connectivity index (χ0) is 26.4. The van der Waals surface area contributed by atoms with Gasteiger partial charge in [-0.05, 0) is 94.8 Å². The van der Waals surface area contributed by atoms with E-state index in [-0.39, 0.29) is 18.5 Å². The van der Waals surface area contributed by atoms with Crippen LogP contribution in [-0.4, -0.2) is 79.1 Å². The summed E-state index contributed by atoms with van der Waals surface area (Å²) in [5.74, 6) is 0.383. The second-order valence-electron chi connectivity index (χ2n) is 10.5. The summed E-state index contributed by atoms with van der Waals surface area (Å²) in [6.45, 7) is 12.3. The highest BCUT2D eigenvalue weighted by Crippen LogP contribution is 2.35. The average molecular weight is 510 g/mol. The minimum Gasteiger partial charge on any atom is -0.395 e. The van der Waals surface area contributed by atoms with Gasteiger partial charge in [-0.1, -0.05) is 6.58 Å². The Morgan fingerprint density at radius 2 is 2.03 bits per heavy atom. The van der Waals surface area contributed by atoms with Gasteiger partial charge in [-0.3, -0.25) is 9.89 Å². The first-order valence-electron chi connectivity index (χ1n) is 14.0. The highest BCUT2D eigenvalue weighted by molar-refractivity contribution is 6.07. The molecule has 1 aromatic rings. The van der Waals surface area contributed by atoms with Crippen LogP contribution in [0.15, 0.2) is 53.2 Å². The Labute approximate surface area is 222 Å². The number of likely N-dealkylation sites (N-methyl/N-ethyl adjacent to an activating group) is 2. The Hall–Kier alpha value is -2.64. The summed E-state index contributed by atoms with van der Waals surface area (Å²) in [6.07, 6.45) is 10.2. The molecule has 2 aliphatic carbocycles.